The minimum Gasteiger partial charge on any atom is -0.489 e. The van der Waals surface area contributed by atoms with E-state index in [1.165, 1.54) is 0 Å². The van der Waals surface area contributed by atoms with Crippen LogP contribution in [0.25, 0.3) is 0 Å². The van der Waals surface area contributed by atoms with Gasteiger partial charge in [-0.25, -0.2) is 0 Å². The van der Waals surface area contributed by atoms with Gasteiger partial charge in [0.1, 0.15) is 12.4 Å². The van der Waals surface area contributed by atoms with Gasteiger partial charge in [-0.15, -0.1) is 0 Å². The summed E-state index contributed by atoms with van der Waals surface area (Å²) in [6, 6.07) is 13.4. The smallest absolute Gasteiger partial charge is 0.155 e. The number of benzene rings is 2. The van der Waals surface area contributed by atoms with Gasteiger partial charge in [0.2, 0.25) is 0 Å². The van der Waals surface area contributed by atoms with Crippen LogP contribution in [0.3, 0.4) is 0 Å². The Labute approximate surface area is 228 Å². The first-order valence-electron chi connectivity index (χ1n) is 12.1. The van der Waals surface area contributed by atoms with Crippen molar-refractivity contribution in [1.29, 1.82) is 0 Å². The number of ether oxygens (including phenoxy) is 2. The quantitative estimate of drug-likeness (QED) is 0.262. The first-order chi connectivity index (χ1) is 16.8. The van der Waals surface area contributed by atoms with Gasteiger partial charge >= 0.3 is 0 Å². The second-order valence-corrected chi connectivity index (χ2v) is 12.0. The second-order valence-electron chi connectivity index (χ2n) is 10.5. The second kappa shape index (κ2) is 14.8. The molecule has 1 aliphatic heterocycles. The van der Waals surface area contributed by atoms with Crippen molar-refractivity contribution >= 4 is 32.2 Å². The summed E-state index contributed by atoms with van der Waals surface area (Å²) in [5, 5.41) is 9.73. The molecule has 1 aliphatic rings. The van der Waals surface area contributed by atoms with Crippen LogP contribution in [-0.2, 0) is 20.4 Å². The van der Waals surface area contributed by atoms with E-state index in [2.05, 4.69) is 4.90 Å². The molecule has 2 unspecified atom stereocenters. The van der Waals surface area contributed by atoms with Crippen molar-refractivity contribution in [3.63, 3.8) is 0 Å². The maximum absolute atomic E-state index is 8.52. The van der Waals surface area contributed by atoms with E-state index in [0.717, 1.165) is 36.5 Å². The topological polar surface area (TPSA) is 60.4 Å². The van der Waals surface area contributed by atoms with Crippen LogP contribution in [-0.4, -0.2) is 54.1 Å². The zero-order valence-electron chi connectivity index (χ0n) is 22.1. The van der Waals surface area contributed by atoms with E-state index in [1.807, 2.05) is 63.2 Å². The summed E-state index contributed by atoms with van der Waals surface area (Å²) in [6.07, 6.45) is 0.0362. The van der Waals surface area contributed by atoms with Crippen molar-refractivity contribution in [2.24, 2.45) is 0 Å². The maximum atomic E-state index is 8.52. The molecule has 0 saturated carbocycles. The minimum absolute atomic E-state index is 0.0362. The van der Waals surface area contributed by atoms with Gasteiger partial charge in [0.05, 0.1) is 30.5 Å². The largest absolute Gasteiger partial charge is 0.489 e. The standard InChI is InChI=1S/C23H30Cl2NO4P.C4H10O/c1-23(2,3)30-31-29-14-12-26-11-13-27-22(15-26)17-7-9-18(10-8-17)28-16-19-20(24)5-4-6-21(19)25;1-4(2,3)5/h4-10,22,31H,11-16H2,1-3H3;5H,1-3H3. The lowest BCUT2D eigenvalue weighted by molar-refractivity contribution is -0.0330. The highest BCUT2D eigenvalue weighted by atomic mass is 35.5. The molecule has 0 bridgehead atoms. The summed E-state index contributed by atoms with van der Waals surface area (Å²) >= 11 is 12.4. The van der Waals surface area contributed by atoms with Crippen LogP contribution in [0.15, 0.2) is 42.5 Å². The molecule has 1 N–H and O–H groups in total. The normalized spacial score (nSPS) is 17.2. The predicted octanol–water partition coefficient (Wildman–Crippen LogP) is 7.06. The van der Waals surface area contributed by atoms with E-state index in [4.69, 9.17) is 46.8 Å². The molecule has 1 saturated heterocycles. The molecular formula is C27H40Cl2NO5P. The van der Waals surface area contributed by atoms with E-state index in [1.54, 1.807) is 20.8 Å². The van der Waals surface area contributed by atoms with Gasteiger partial charge in [-0.05, 0) is 71.4 Å². The van der Waals surface area contributed by atoms with E-state index < -0.39 is 5.60 Å². The third-order valence-electron chi connectivity index (χ3n) is 4.76. The number of morpholine rings is 1. The average Bonchev–Trinajstić information content (AvgIpc) is 2.77. The predicted molar refractivity (Wildman–Crippen MR) is 149 cm³/mol. The van der Waals surface area contributed by atoms with Gasteiger partial charge in [-0.1, -0.05) is 41.4 Å². The zero-order valence-corrected chi connectivity index (χ0v) is 24.7. The van der Waals surface area contributed by atoms with Gasteiger partial charge in [0.25, 0.3) is 0 Å². The van der Waals surface area contributed by atoms with E-state index in [0.29, 0.717) is 29.9 Å². The molecule has 0 aliphatic carbocycles. The number of rotatable bonds is 9. The molecule has 1 heterocycles. The van der Waals surface area contributed by atoms with Crippen molar-refractivity contribution in [1.82, 2.24) is 4.90 Å². The highest BCUT2D eigenvalue weighted by Crippen LogP contribution is 2.28. The summed E-state index contributed by atoms with van der Waals surface area (Å²) in [5.41, 5.74) is 1.25. The Morgan fingerprint density at radius 2 is 1.64 bits per heavy atom. The third kappa shape index (κ3) is 13.0. The molecule has 0 amide bonds. The molecule has 2 atom stereocenters. The summed E-state index contributed by atoms with van der Waals surface area (Å²) in [4.78, 5) is 2.36. The fraction of sp³-hybridized carbons (Fsp3) is 0.556. The number of halogens is 2. The Hall–Kier alpha value is -0.950. The van der Waals surface area contributed by atoms with Crippen molar-refractivity contribution in [2.75, 3.05) is 32.8 Å². The molecule has 0 aromatic heterocycles. The van der Waals surface area contributed by atoms with Crippen molar-refractivity contribution in [3.8, 4) is 5.75 Å². The van der Waals surface area contributed by atoms with Crippen LogP contribution >= 0.6 is 32.2 Å². The van der Waals surface area contributed by atoms with E-state index >= 15 is 0 Å². The van der Waals surface area contributed by atoms with Crippen LogP contribution in [0.1, 0.15) is 58.8 Å². The van der Waals surface area contributed by atoms with Crippen LogP contribution < -0.4 is 4.74 Å². The lowest BCUT2D eigenvalue weighted by Gasteiger charge is -2.33. The fourth-order valence-corrected chi connectivity index (χ4v) is 4.07. The van der Waals surface area contributed by atoms with Crippen LogP contribution in [0, 0.1) is 0 Å². The van der Waals surface area contributed by atoms with Crippen molar-refractivity contribution in [2.45, 2.75) is 65.5 Å². The molecule has 1 fully saturated rings. The third-order valence-corrected chi connectivity index (χ3v) is 6.49. The van der Waals surface area contributed by atoms with Gasteiger partial charge in [0, 0.05) is 35.2 Å². The average molecular weight is 560 g/mol. The fourth-order valence-electron chi connectivity index (χ4n) is 3.08. The Bertz CT molecular complexity index is 890. The summed E-state index contributed by atoms with van der Waals surface area (Å²) in [6.45, 7) is 15.6. The highest BCUT2D eigenvalue weighted by molar-refractivity contribution is 7.26. The summed E-state index contributed by atoms with van der Waals surface area (Å²) < 4.78 is 23.1. The van der Waals surface area contributed by atoms with E-state index in [9.17, 15) is 0 Å². The van der Waals surface area contributed by atoms with Crippen LogP contribution in [0.2, 0.25) is 10.0 Å². The van der Waals surface area contributed by atoms with Gasteiger partial charge < -0.3 is 23.6 Å². The van der Waals surface area contributed by atoms with Gasteiger partial charge in [0.15, 0.2) is 9.03 Å². The molecule has 36 heavy (non-hydrogen) atoms. The minimum atomic E-state index is -0.500. The lowest BCUT2D eigenvalue weighted by atomic mass is 10.1. The Morgan fingerprint density at radius 1 is 1.03 bits per heavy atom. The molecule has 0 spiro atoms. The number of nitrogens with zero attached hydrogens (tertiary/aromatic N) is 1. The molecule has 202 valence electrons. The molecule has 3 rings (SSSR count). The van der Waals surface area contributed by atoms with E-state index in [-0.39, 0.29) is 20.7 Å². The molecule has 2 aromatic rings. The molecule has 2 aromatic carbocycles. The monoisotopic (exact) mass is 559 g/mol. The van der Waals surface area contributed by atoms with Crippen LogP contribution in [0.4, 0.5) is 0 Å². The highest BCUT2D eigenvalue weighted by Gasteiger charge is 2.22. The number of hydrogen-bond donors (Lipinski definition) is 1. The van der Waals surface area contributed by atoms with Gasteiger partial charge in [-0.3, -0.25) is 4.90 Å². The first-order valence-corrected chi connectivity index (χ1v) is 13.7. The summed E-state index contributed by atoms with van der Waals surface area (Å²) in [7, 11) is 0.0688. The summed E-state index contributed by atoms with van der Waals surface area (Å²) in [5.74, 6) is 0.764. The van der Waals surface area contributed by atoms with Gasteiger partial charge in [-0.2, -0.15) is 0 Å². The van der Waals surface area contributed by atoms with Crippen molar-refractivity contribution < 1.29 is 23.6 Å². The molecule has 0 radical (unpaired) electrons. The first kappa shape index (κ1) is 31.3. The van der Waals surface area contributed by atoms with Crippen LogP contribution in [0.5, 0.6) is 5.75 Å². The Balaban J connectivity index is 0.000000830. The molecule has 9 heteroatoms. The number of aliphatic hydroxyl groups is 1. The zero-order chi connectivity index (χ0) is 26.8. The molecular weight excluding hydrogens is 520 g/mol. The SMILES string of the molecule is CC(C)(C)O.CC(C)(C)OPOCCN1CCOC(c2ccc(OCc3c(Cl)cccc3Cl)cc2)C1. The maximum Gasteiger partial charge on any atom is 0.155 e. The Morgan fingerprint density at radius 3 is 2.22 bits per heavy atom. The Kier molecular flexibility index (Phi) is 12.9. The van der Waals surface area contributed by atoms with Crippen molar-refractivity contribution in [3.05, 3.63) is 63.6 Å². The number of hydrogen-bond acceptors (Lipinski definition) is 6. The lowest BCUT2D eigenvalue weighted by Crippen LogP contribution is -2.39. The molecule has 6 nitrogen and oxygen atoms in total.